The Bertz CT molecular complexity index is 579. The third-order valence-corrected chi connectivity index (χ3v) is 3.87. The second-order valence-corrected chi connectivity index (χ2v) is 5.36. The Kier molecular flexibility index (Phi) is 3.35. The minimum Gasteiger partial charge on any atom is -0.497 e. The van der Waals surface area contributed by atoms with Gasteiger partial charge in [0.15, 0.2) is 0 Å². The molecule has 0 saturated heterocycles. The molecule has 0 unspecified atom stereocenters. The molecule has 0 aliphatic rings. The molecule has 1 aromatic heterocycles. The number of hydrogen-bond acceptors (Lipinski definition) is 4. The zero-order chi connectivity index (χ0) is 13.2. The molecule has 0 bridgehead atoms. The van der Waals surface area contributed by atoms with E-state index in [2.05, 4.69) is 11.1 Å². The van der Waals surface area contributed by atoms with Gasteiger partial charge in [-0.25, -0.2) is 4.98 Å². The fourth-order valence-corrected chi connectivity index (χ4v) is 2.41. The van der Waals surface area contributed by atoms with Gasteiger partial charge >= 0.3 is 0 Å². The lowest BCUT2D eigenvalue weighted by Crippen LogP contribution is -2.13. The molecule has 18 heavy (non-hydrogen) atoms. The van der Waals surface area contributed by atoms with Crippen molar-refractivity contribution in [2.24, 2.45) is 0 Å². The van der Waals surface area contributed by atoms with Gasteiger partial charge in [0.1, 0.15) is 16.2 Å². The van der Waals surface area contributed by atoms with E-state index < -0.39 is 5.41 Å². The van der Waals surface area contributed by atoms with Crippen molar-refractivity contribution in [2.75, 3.05) is 7.11 Å². The minimum atomic E-state index is -0.532. The number of nitriles is 1. The third kappa shape index (κ3) is 2.36. The predicted molar refractivity (Wildman–Crippen MR) is 72.7 cm³/mol. The Balaban J connectivity index is 2.32. The van der Waals surface area contributed by atoms with Crippen molar-refractivity contribution in [3.8, 4) is 23.1 Å². The maximum Gasteiger partial charge on any atom is 0.118 e. The van der Waals surface area contributed by atoms with E-state index in [1.807, 2.05) is 43.5 Å². The maximum atomic E-state index is 9.10. The first-order valence-electron chi connectivity index (χ1n) is 5.58. The van der Waals surface area contributed by atoms with Crippen LogP contribution in [0.15, 0.2) is 29.6 Å². The molecule has 0 aliphatic heterocycles. The Labute approximate surface area is 111 Å². The molecule has 3 nitrogen and oxygen atoms in total. The highest BCUT2D eigenvalue weighted by Crippen LogP contribution is 2.30. The van der Waals surface area contributed by atoms with Gasteiger partial charge in [0.25, 0.3) is 0 Å². The number of aromatic nitrogens is 1. The van der Waals surface area contributed by atoms with Crippen LogP contribution in [0.2, 0.25) is 0 Å². The van der Waals surface area contributed by atoms with Crippen LogP contribution >= 0.6 is 11.3 Å². The number of ether oxygens (including phenoxy) is 1. The van der Waals surface area contributed by atoms with E-state index in [1.165, 1.54) is 11.3 Å². The summed E-state index contributed by atoms with van der Waals surface area (Å²) >= 11 is 1.52. The number of rotatable bonds is 3. The topological polar surface area (TPSA) is 45.9 Å². The fraction of sp³-hybridized carbons (Fsp3) is 0.286. The summed E-state index contributed by atoms with van der Waals surface area (Å²) in [5.74, 6) is 0.826. The molecule has 0 N–H and O–H groups in total. The summed E-state index contributed by atoms with van der Waals surface area (Å²) in [6, 6.07) is 10.0. The van der Waals surface area contributed by atoms with Crippen molar-refractivity contribution in [3.63, 3.8) is 0 Å². The van der Waals surface area contributed by atoms with Crippen LogP contribution in [0.4, 0.5) is 0 Å². The first-order valence-corrected chi connectivity index (χ1v) is 6.46. The average Bonchev–Trinajstić information content (AvgIpc) is 2.89. The van der Waals surface area contributed by atoms with Gasteiger partial charge in [0.05, 0.1) is 18.9 Å². The van der Waals surface area contributed by atoms with Crippen molar-refractivity contribution in [1.82, 2.24) is 4.98 Å². The van der Waals surface area contributed by atoms with Gasteiger partial charge in [-0.2, -0.15) is 5.26 Å². The lowest BCUT2D eigenvalue weighted by atomic mass is 9.97. The molecule has 0 amide bonds. The lowest BCUT2D eigenvalue weighted by molar-refractivity contribution is 0.415. The van der Waals surface area contributed by atoms with Gasteiger partial charge in [0.2, 0.25) is 0 Å². The molecule has 0 radical (unpaired) electrons. The quantitative estimate of drug-likeness (QED) is 0.844. The number of hydrogen-bond donors (Lipinski definition) is 0. The molecule has 1 aromatic carbocycles. The van der Waals surface area contributed by atoms with E-state index in [9.17, 15) is 0 Å². The van der Waals surface area contributed by atoms with Gasteiger partial charge < -0.3 is 4.74 Å². The zero-order valence-corrected chi connectivity index (χ0v) is 11.4. The molecular weight excluding hydrogens is 244 g/mol. The van der Waals surface area contributed by atoms with Crippen LogP contribution in [0.5, 0.6) is 5.75 Å². The molecule has 0 saturated carbocycles. The van der Waals surface area contributed by atoms with Gasteiger partial charge in [-0.15, -0.1) is 11.3 Å². The van der Waals surface area contributed by atoms with E-state index in [1.54, 1.807) is 7.11 Å². The van der Waals surface area contributed by atoms with Crippen LogP contribution in [0, 0.1) is 11.3 Å². The monoisotopic (exact) mass is 258 g/mol. The van der Waals surface area contributed by atoms with Crippen molar-refractivity contribution >= 4 is 11.3 Å². The lowest BCUT2D eigenvalue weighted by Gasteiger charge is -2.10. The first-order chi connectivity index (χ1) is 8.56. The van der Waals surface area contributed by atoms with Crippen molar-refractivity contribution in [3.05, 3.63) is 34.7 Å². The Hall–Kier alpha value is -1.86. The summed E-state index contributed by atoms with van der Waals surface area (Å²) in [5.41, 5.74) is 1.41. The summed E-state index contributed by atoms with van der Waals surface area (Å²) in [5, 5.41) is 11.9. The molecule has 0 atom stereocenters. The summed E-state index contributed by atoms with van der Waals surface area (Å²) in [6.45, 7) is 3.76. The van der Waals surface area contributed by atoms with E-state index in [-0.39, 0.29) is 0 Å². The van der Waals surface area contributed by atoms with E-state index in [4.69, 9.17) is 10.00 Å². The van der Waals surface area contributed by atoms with Gasteiger partial charge in [-0.1, -0.05) is 0 Å². The van der Waals surface area contributed by atoms with Crippen LogP contribution in [-0.2, 0) is 5.41 Å². The average molecular weight is 258 g/mol. The highest BCUT2D eigenvalue weighted by atomic mass is 32.1. The first kappa shape index (κ1) is 12.6. The summed E-state index contributed by atoms with van der Waals surface area (Å²) in [7, 11) is 1.64. The number of benzene rings is 1. The molecular formula is C14H14N2OS. The largest absolute Gasteiger partial charge is 0.497 e. The summed E-state index contributed by atoms with van der Waals surface area (Å²) < 4.78 is 5.12. The second-order valence-electron chi connectivity index (χ2n) is 4.50. The third-order valence-electron chi connectivity index (χ3n) is 2.70. The van der Waals surface area contributed by atoms with Crippen molar-refractivity contribution in [1.29, 1.82) is 5.26 Å². The SMILES string of the molecule is COc1ccc(-c2csc(C(C)(C)C#N)n2)cc1. The van der Waals surface area contributed by atoms with Gasteiger partial charge in [-0.3, -0.25) is 0 Å². The number of thiazole rings is 1. The molecule has 2 rings (SSSR count). The molecule has 0 fully saturated rings. The van der Waals surface area contributed by atoms with E-state index in [0.717, 1.165) is 22.0 Å². The van der Waals surface area contributed by atoms with Crippen molar-refractivity contribution < 1.29 is 4.74 Å². The number of methoxy groups -OCH3 is 1. The van der Waals surface area contributed by atoms with Crippen molar-refractivity contribution in [2.45, 2.75) is 19.3 Å². The second kappa shape index (κ2) is 4.79. The van der Waals surface area contributed by atoms with Crippen LogP contribution in [0.1, 0.15) is 18.9 Å². The Morgan fingerprint density at radius 2 is 1.94 bits per heavy atom. The highest BCUT2D eigenvalue weighted by Gasteiger charge is 2.23. The number of nitrogens with zero attached hydrogens (tertiary/aromatic N) is 2. The fourth-order valence-electron chi connectivity index (χ4n) is 1.50. The smallest absolute Gasteiger partial charge is 0.118 e. The standard InChI is InChI=1S/C14H14N2OS/c1-14(2,9-15)13-16-12(8-18-13)10-4-6-11(17-3)7-5-10/h4-8H,1-3H3. The van der Waals surface area contributed by atoms with Crippen LogP contribution < -0.4 is 4.74 Å². The van der Waals surface area contributed by atoms with E-state index >= 15 is 0 Å². The molecule has 1 heterocycles. The van der Waals surface area contributed by atoms with Crippen LogP contribution in [-0.4, -0.2) is 12.1 Å². The summed E-state index contributed by atoms with van der Waals surface area (Å²) in [6.07, 6.45) is 0. The normalized spacial score (nSPS) is 11.0. The Morgan fingerprint density at radius 3 is 2.50 bits per heavy atom. The van der Waals surface area contributed by atoms with Gasteiger partial charge in [-0.05, 0) is 38.1 Å². The highest BCUT2D eigenvalue weighted by molar-refractivity contribution is 7.10. The van der Waals surface area contributed by atoms with Gasteiger partial charge in [0, 0.05) is 10.9 Å². The molecule has 92 valence electrons. The summed E-state index contributed by atoms with van der Waals surface area (Å²) in [4.78, 5) is 4.53. The Morgan fingerprint density at radius 1 is 1.28 bits per heavy atom. The molecule has 0 aliphatic carbocycles. The van der Waals surface area contributed by atoms with Crippen LogP contribution in [0.25, 0.3) is 11.3 Å². The zero-order valence-electron chi connectivity index (χ0n) is 10.6. The molecule has 4 heteroatoms. The minimum absolute atomic E-state index is 0.532. The maximum absolute atomic E-state index is 9.10. The van der Waals surface area contributed by atoms with E-state index in [0.29, 0.717) is 0 Å². The predicted octanol–water partition coefficient (Wildman–Crippen LogP) is 3.62. The van der Waals surface area contributed by atoms with Crippen LogP contribution in [0.3, 0.4) is 0 Å². The molecule has 2 aromatic rings. The molecule has 0 spiro atoms.